The molecule has 1 N–H and O–H groups in total. The molecule has 104 valence electrons. The van der Waals surface area contributed by atoms with E-state index in [1.165, 1.54) is 32.1 Å². The zero-order valence-electron chi connectivity index (χ0n) is 11.9. The van der Waals surface area contributed by atoms with Gasteiger partial charge in [0, 0.05) is 31.4 Å². The van der Waals surface area contributed by atoms with Crippen LogP contribution in [-0.4, -0.2) is 30.2 Å². The molecular weight excluding hydrogens is 234 g/mol. The number of rotatable bonds is 3. The lowest BCUT2D eigenvalue weighted by Gasteiger charge is -2.35. The lowest BCUT2D eigenvalue weighted by Crippen LogP contribution is -2.47. The molecule has 2 fully saturated rings. The first-order valence-electron chi connectivity index (χ1n) is 7.75. The number of hydrogen-bond donors (Lipinski definition) is 1. The number of piperidine rings is 1. The van der Waals surface area contributed by atoms with E-state index >= 15 is 0 Å². The van der Waals surface area contributed by atoms with Crippen molar-refractivity contribution in [1.29, 1.82) is 0 Å². The second kappa shape index (κ2) is 5.91. The molecule has 1 saturated carbocycles. The topological polar surface area (TPSA) is 28.2 Å². The molecule has 0 spiro atoms. The minimum atomic E-state index is 0.713. The van der Waals surface area contributed by atoms with E-state index in [0.29, 0.717) is 6.04 Å². The molecule has 1 saturated heterocycles. The predicted molar refractivity (Wildman–Crippen MR) is 79.4 cm³/mol. The molecule has 2 heterocycles. The van der Waals surface area contributed by atoms with E-state index < -0.39 is 0 Å². The van der Waals surface area contributed by atoms with Gasteiger partial charge in [-0.1, -0.05) is 19.4 Å². The molecule has 0 radical (unpaired) electrons. The van der Waals surface area contributed by atoms with Crippen LogP contribution in [0.15, 0.2) is 24.4 Å². The molecule has 1 aliphatic heterocycles. The van der Waals surface area contributed by atoms with E-state index in [9.17, 15) is 0 Å². The van der Waals surface area contributed by atoms with Crippen LogP contribution in [0.2, 0.25) is 0 Å². The van der Waals surface area contributed by atoms with Crippen LogP contribution in [0.3, 0.4) is 0 Å². The van der Waals surface area contributed by atoms with Crippen molar-refractivity contribution in [2.75, 3.05) is 18.0 Å². The van der Waals surface area contributed by atoms with Gasteiger partial charge in [-0.2, -0.15) is 0 Å². The fourth-order valence-electron chi connectivity index (χ4n) is 3.51. The third-order valence-electron chi connectivity index (χ3n) is 4.78. The normalized spacial score (nSPS) is 28.8. The highest BCUT2D eigenvalue weighted by Crippen LogP contribution is 2.26. The van der Waals surface area contributed by atoms with Crippen LogP contribution in [0.1, 0.15) is 39.0 Å². The van der Waals surface area contributed by atoms with Crippen LogP contribution < -0.4 is 10.2 Å². The number of aromatic nitrogens is 1. The largest absolute Gasteiger partial charge is 0.357 e. The second-order valence-corrected chi connectivity index (χ2v) is 6.13. The highest BCUT2D eigenvalue weighted by molar-refractivity contribution is 5.38. The van der Waals surface area contributed by atoms with E-state index in [4.69, 9.17) is 0 Å². The summed E-state index contributed by atoms with van der Waals surface area (Å²) in [4.78, 5) is 6.86. The Morgan fingerprint density at radius 2 is 2.00 bits per heavy atom. The molecule has 1 aromatic rings. The Labute approximate surface area is 116 Å². The van der Waals surface area contributed by atoms with Gasteiger partial charge in [-0.05, 0) is 43.7 Å². The maximum atomic E-state index is 4.45. The fourth-order valence-corrected chi connectivity index (χ4v) is 3.51. The molecule has 2 aliphatic rings. The average molecular weight is 259 g/mol. The smallest absolute Gasteiger partial charge is 0.128 e. The Balaban J connectivity index is 1.49. The quantitative estimate of drug-likeness (QED) is 0.904. The summed E-state index contributed by atoms with van der Waals surface area (Å²) in [7, 11) is 0. The van der Waals surface area contributed by atoms with Gasteiger partial charge >= 0.3 is 0 Å². The van der Waals surface area contributed by atoms with Crippen molar-refractivity contribution >= 4 is 5.82 Å². The molecule has 19 heavy (non-hydrogen) atoms. The molecule has 1 aliphatic carbocycles. The van der Waals surface area contributed by atoms with Gasteiger partial charge in [0.15, 0.2) is 0 Å². The lowest BCUT2D eigenvalue weighted by atomic mass is 10.0. The SMILES string of the molecule is CC1CCCC1NC1CCN(c2ccccn2)CC1. The highest BCUT2D eigenvalue weighted by Gasteiger charge is 2.27. The Hall–Kier alpha value is -1.09. The summed E-state index contributed by atoms with van der Waals surface area (Å²) in [6.45, 7) is 4.67. The van der Waals surface area contributed by atoms with Crippen LogP contribution in [0.4, 0.5) is 5.82 Å². The van der Waals surface area contributed by atoms with Crippen molar-refractivity contribution in [2.24, 2.45) is 5.92 Å². The van der Waals surface area contributed by atoms with Gasteiger partial charge < -0.3 is 10.2 Å². The first-order chi connectivity index (χ1) is 9.33. The monoisotopic (exact) mass is 259 g/mol. The van der Waals surface area contributed by atoms with Gasteiger partial charge in [-0.3, -0.25) is 0 Å². The third-order valence-corrected chi connectivity index (χ3v) is 4.78. The lowest BCUT2D eigenvalue weighted by molar-refractivity contribution is 0.330. The van der Waals surface area contributed by atoms with Crippen molar-refractivity contribution in [2.45, 2.75) is 51.1 Å². The first kappa shape index (κ1) is 12.9. The molecule has 2 unspecified atom stereocenters. The van der Waals surface area contributed by atoms with Crippen LogP contribution >= 0.6 is 0 Å². The summed E-state index contributed by atoms with van der Waals surface area (Å²) in [6, 6.07) is 7.66. The summed E-state index contributed by atoms with van der Waals surface area (Å²) in [5.41, 5.74) is 0. The van der Waals surface area contributed by atoms with Crippen molar-refractivity contribution in [3.63, 3.8) is 0 Å². The first-order valence-corrected chi connectivity index (χ1v) is 7.75. The second-order valence-electron chi connectivity index (χ2n) is 6.13. The van der Waals surface area contributed by atoms with Gasteiger partial charge in [0.1, 0.15) is 5.82 Å². The fraction of sp³-hybridized carbons (Fsp3) is 0.688. The number of nitrogens with one attached hydrogen (secondary N) is 1. The predicted octanol–water partition coefficient (Wildman–Crippen LogP) is 2.83. The Morgan fingerprint density at radius 3 is 2.63 bits per heavy atom. The standard InChI is InChI=1S/C16H25N3/c1-13-5-4-6-15(13)18-14-8-11-19(12-9-14)16-7-2-3-10-17-16/h2-3,7,10,13-15,18H,4-6,8-9,11-12H2,1H3. The van der Waals surface area contributed by atoms with Gasteiger partial charge in [0.25, 0.3) is 0 Å². The third kappa shape index (κ3) is 3.08. The number of pyridine rings is 1. The maximum absolute atomic E-state index is 4.45. The molecule has 3 nitrogen and oxygen atoms in total. The van der Waals surface area contributed by atoms with Gasteiger partial charge in [0.05, 0.1) is 0 Å². The molecule has 3 heteroatoms. The minimum absolute atomic E-state index is 0.713. The molecular formula is C16H25N3. The summed E-state index contributed by atoms with van der Waals surface area (Å²) in [5.74, 6) is 2.00. The zero-order valence-corrected chi connectivity index (χ0v) is 11.9. The summed E-state index contributed by atoms with van der Waals surface area (Å²) < 4.78 is 0. The van der Waals surface area contributed by atoms with E-state index in [0.717, 1.165) is 30.9 Å². The van der Waals surface area contributed by atoms with Gasteiger partial charge in [0.2, 0.25) is 0 Å². The van der Waals surface area contributed by atoms with Crippen LogP contribution in [0.5, 0.6) is 0 Å². The Kier molecular flexibility index (Phi) is 4.02. The van der Waals surface area contributed by atoms with Crippen molar-refractivity contribution < 1.29 is 0 Å². The highest BCUT2D eigenvalue weighted by atomic mass is 15.2. The zero-order chi connectivity index (χ0) is 13.1. The summed E-state index contributed by atoms with van der Waals surface area (Å²) in [5, 5.41) is 3.89. The molecule has 2 atom stereocenters. The Morgan fingerprint density at radius 1 is 1.16 bits per heavy atom. The van der Waals surface area contributed by atoms with Gasteiger partial charge in [-0.15, -0.1) is 0 Å². The average Bonchev–Trinajstić information content (AvgIpc) is 2.86. The van der Waals surface area contributed by atoms with Crippen molar-refractivity contribution in [1.82, 2.24) is 10.3 Å². The number of hydrogen-bond acceptors (Lipinski definition) is 3. The van der Waals surface area contributed by atoms with E-state index in [2.05, 4.69) is 34.3 Å². The van der Waals surface area contributed by atoms with E-state index in [-0.39, 0.29) is 0 Å². The molecule has 0 aromatic carbocycles. The van der Waals surface area contributed by atoms with E-state index in [1.54, 1.807) is 0 Å². The number of nitrogens with zero attached hydrogens (tertiary/aromatic N) is 2. The molecule has 1 aromatic heterocycles. The summed E-state index contributed by atoms with van der Waals surface area (Å²) in [6.07, 6.45) is 8.58. The molecule has 3 rings (SSSR count). The summed E-state index contributed by atoms with van der Waals surface area (Å²) >= 11 is 0. The van der Waals surface area contributed by atoms with Crippen molar-refractivity contribution in [3.8, 4) is 0 Å². The van der Waals surface area contributed by atoms with E-state index in [1.807, 2.05) is 12.3 Å². The van der Waals surface area contributed by atoms with Gasteiger partial charge in [-0.25, -0.2) is 4.98 Å². The minimum Gasteiger partial charge on any atom is -0.357 e. The van der Waals surface area contributed by atoms with Crippen LogP contribution in [0.25, 0.3) is 0 Å². The molecule has 0 amide bonds. The van der Waals surface area contributed by atoms with Crippen LogP contribution in [-0.2, 0) is 0 Å². The van der Waals surface area contributed by atoms with Crippen LogP contribution in [0, 0.1) is 5.92 Å². The number of anilines is 1. The van der Waals surface area contributed by atoms with Crippen molar-refractivity contribution in [3.05, 3.63) is 24.4 Å². The maximum Gasteiger partial charge on any atom is 0.128 e. The molecule has 0 bridgehead atoms. The Bertz CT molecular complexity index is 384.